The minimum Gasteiger partial charge on any atom is -0.496 e. The standard InChI is InChI=1S/C27H30F3N3O5/c1-27(2,14-37-13-15-11-36-12-15)17-4-5-21-18(9-31-33(21)10-17)16-6-22(35-3)24(23(7-16)38-26(29)30)25(34)32-20-8-19(20)28/h4-7,9-10,15,19-20,26H,8,11-14H2,1-3H3,(H,32,34)/t19-,20+/m0/s1. The fraction of sp³-hybridized carbons (Fsp3) is 0.481. The van der Waals surface area contributed by atoms with E-state index in [0.29, 0.717) is 30.3 Å². The number of halogens is 3. The predicted octanol–water partition coefficient (Wildman–Crippen LogP) is 4.39. The molecule has 2 aromatic heterocycles. The van der Waals surface area contributed by atoms with E-state index in [1.165, 1.54) is 13.2 Å². The average Bonchev–Trinajstić information content (AvgIpc) is 3.36. The second-order valence-corrected chi connectivity index (χ2v) is 10.4. The van der Waals surface area contributed by atoms with Gasteiger partial charge in [-0.05, 0) is 29.3 Å². The van der Waals surface area contributed by atoms with Crippen LogP contribution in [-0.2, 0) is 14.9 Å². The summed E-state index contributed by atoms with van der Waals surface area (Å²) in [6.45, 7) is 3.66. The first-order chi connectivity index (χ1) is 18.2. The number of ether oxygens (including phenoxy) is 4. The van der Waals surface area contributed by atoms with Crippen molar-refractivity contribution in [1.82, 2.24) is 14.9 Å². The Morgan fingerprint density at radius 2 is 2.00 bits per heavy atom. The van der Waals surface area contributed by atoms with Gasteiger partial charge in [0.05, 0.1) is 51.3 Å². The largest absolute Gasteiger partial charge is 0.496 e. The van der Waals surface area contributed by atoms with Crippen molar-refractivity contribution < 1.29 is 36.9 Å². The monoisotopic (exact) mass is 533 g/mol. The maximum Gasteiger partial charge on any atom is 0.387 e. The zero-order chi connectivity index (χ0) is 27.0. The number of hydrogen-bond acceptors (Lipinski definition) is 6. The number of rotatable bonds is 11. The van der Waals surface area contributed by atoms with Gasteiger partial charge in [0, 0.05) is 29.5 Å². The lowest BCUT2D eigenvalue weighted by atomic mass is 9.86. The van der Waals surface area contributed by atoms with Gasteiger partial charge >= 0.3 is 6.61 Å². The van der Waals surface area contributed by atoms with E-state index in [1.54, 1.807) is 16.8 Å². The summed E-state index contributed by atoms with van der Waals surface area (Å²) < 4.78 is 62.8. The molecule has 1 aliphatic carbocycles. The van der Waals surface area contributed by atoms with Gasteiger partial charge in [0.25, 0.3) is 5.91 Å². The van der Waals surface area contributed by atoms with Crippen LogP contribution in [0.25, 0.3) is 16.6 Å². The van der Waals surface area contributed by atoms with Gasteiger partial charge in [0.15, 0.2) is 0 Å². The second kappa shape index (κ2) is 10.5. The highest BCUT2D eigenvalue weighted by molar-refractivity contribution is 6.01. The van der Waals surface area contributed by atoms with E-state index in [-0.39, 0.29) is 28.9 Å². The van der Waals surface area contributed by atoms with E-state index in [9.17, 15) is 18.0 Å². The molecule has 1 aliphatic heterocycles. The van der Waals surface area contributed by atoms with E-state index < -0.39 is 24.7 Å². The van der Waals surface area contributed by atoms with E-state index in [0.717, 1.165) is 24.3 Å². The average molecular weight is 534 g/mol. The Morgan fingerprint density at radius 1 is 1.26 bits per heavy atom. The summed E-state index contributed by atoms with van der Waals surface area (Å²) in [5.74, 6) is -0.635. The fourth-order valence-electron chi connectivity index (χ4n) is 4.42. The number of carbonyl (C=O) groups excluding carboxylic acids is 1. The van der Waals surface area contributed by atoms with E-state index in [2.05, 4.69) is 24.3 Å². The number of alkyl halides is 3. The van der Waals surface area contributed by atoms with Crippen molar-refractivity contribution in [2.75, 3.05) is 33.5 Å². The Bertz CT molecular complexity index is 1320. The van der Waals surface area contributed by atoms with Crippen molar-refractivity contribution >= 4 is 11.4 Å². The number of hydrogen-bond donors (Lipinski definition) is 1. The van der Waals surface area contributed by atoms with Crippen molar-refractivity contribution in [2.45, 2.75) is 44.5 Å². The number of nitrogens with one attached hydrogen (secondary N) is 1. The van der Waals surface area contributed by atoms with Crippen LogP contribution in [0, 0.1) is 5.92 Å². The van der Waals surface area contributed by atoms with Gasteiger partial charge in [-0.25, -0.2) is 8.91 Å². The molecule has 0 bridgehead atoms. The van der Waals surface area contributed by atoms with Crippen molar-refractivity contribution in [3.8, 4) is 22.6 Å². The molecule has 2 aliphatic rings. The molecule has 2 fully saturated rings. The SMILES string of the molecule is COc1cc(-c2cnn3cc(C(C)(C)COCC4COC4)ccc23)cc(OC(F)F)c1C(=O)N[C@@H]1C[C@@H]1F. The summed E-state index contributed by atoms with van der Waals surface area (Å²) >= 11 is 0. The molecule has 0 unspecified atom stereocenters. The summed E-state index contributed by atoms with van der Waals surface area (Å²) in [5, 5.41) is 6.96. The molecular formula is C27H30F3N3O5. The summed E-state index contributed by atoms with van der Waals surface area (Å²) in [7, 11) is 1.32. The molecule has 3 heterocycles. The maximum atomic E-state index is 13.3. The number of methoxy groups -OCH3 is 1. The number of benzene rings is 1. The minimum absolute atomic E-state index is 0.0258. The Hall–Kier alpha value is -3.31. The lowest BCUT2D eigenvalue weighted by Crippen LogP contribution is -2.34. The number of carbonyl (C=O) groups is 1. The zero-order valence-electron chi connectivity index (χ0n) is 21.4. The third-order valence-corrected chi connectivity index (χ3v) is 6.89. The van der Waals surface area contributed by atoms with Crippen LogP contribution in [0.1, 0.15) is 36.2 Å². The molecule has 1 aromatic carbocycles. The molecular weight excluding hydrogens is 503 g/mol. The number of nitrogens with zero attached hydrogens (tertiary/aromatic N) is 2. The third kappa shape index (κ3) is 5.44. The second-order valence-electron chi connectivity index (χ2n) is 10.4. The first-order valence-electron chi connectivity index (χ1n) is 12.4. The van der Waals surface area contributed by atoms with Crippen molar-refractivity contribution in [1.29, 1.82) is 0 Å². The van der Waals surface area contributed by atoms with Crippen LogP contribution >= 0.6 is 0 Å². The zero-order valence-corrected chi connectivity index (χ0v) is 21.4. The summed E-state index contributed by atoms with van der Waals surface area (Å²) in [6, 6.07) is 6.13. The maximum absolute atomic E-state index is 13.3. The molecule has 11 heteroatoms. The first kappa shape index (κ1) is 26.3. The molecule has 0 radical (unpaired) electrons. The first-order valence-corrected chi connectivity index (χ1v) is 12.4. The van der Waals surface area contributed by atoms with Gasteiger partial charge < -0.3 is 24.3 Å². The summed E-state index contributed by atoms with van der Waals surface area (Å²) in [6.07, 6.45) is 2.55. The van der Waals surface area contributed by atoms with Crippen molar-refractivity contribution in [3.05, 3.63) is 47.8 Å². The van der Waals surface area contributed by atoms with Crippen molar-refractivity contribution in [3.63, 3.8) is 0 Å². The van der Waals surface area contributed by atoms with Crippen LogP contribution in [0.5, 0.6) is 11.5 Å². The summed E-state index contributed by atoms with van der Waals surface area (Å²) in [4.78, 5) is 12.8. The van der Waals surface area contributed by atoms with Crippen LogP contribution in [0.4, 0.5) is 13.2 Å². The van der Waals surface area contributed by atoms with Crippen LogP contribution < -0.4 is 14.8 Å². The molecule has 1 amide bonds. The van der Waals surface area contributed by atoms with Gasteiger partial charge in [-0.3, -0.25) is 4.79 Å². The number of amides is 1. The van der Waals surface area contributed by atoms with E-state index >= 15 is 0 Å². The lowest BCUT2D eigenvalue weighted by molar-refractivity contribution is -0.0763. The highest BCUT2D eigenvalue weighted by atomic mass is 19.3. The predicted molar refractivity (Wildman–Crippen MR) is 133 cm³/mol. The van der Waals surface area contributed by atoms with Crippen molar-refractivity contribution in [2.24, 2.45) is 5.92 Å². The quantitative estimate of drug-likeness (QED) is 0.394. The topological polar surface area (TPSA) is 83.3 Å². The fourth-order valence-corrected chi connectivity index (χ4v) is 4.42. The van der Waals surface area contributed by atoms with Gasteiger partial charge in [0.1, 0.15) is 23.2 Å². The van der Waals surface area contributed by atoms with Gasteiger partial charge in [-0.2, -0.15) is 13.9 Å². The van der Waals surface area contributed by atoms with Gasteiger partial charge in [-0.15, -0.1) is 0 Å². The molecule has 3 aromatic rings. The lowest BCUT2D eigenvalue weighted by Gasteiger charge is -2.29. The summed E-state index contributed by atoms with van der Waals surface area (Å²) in [5.41, 5.74) is 2.34. The Balaban J connectivity index is 1.44. The van der Waals surface area contributed by atoms with Crippen LogP contribution in [-0.4, -0.2) is 67.9 Å². The molecule has 204 valence electrons. The molecule has 1 N–H and O–H groups in total. The minimum atomic E-state index is -3.18. The van der Waals surface area contributed by atoms with Gasteiger partial charge in [0.2, 0.25) is 0 Å². The highest BCUT2D eigenvalue weighted by Crippen LogP contribution is 2.38. The van der Waals surface area contributed by atoms with Gasteiger partial charge in [-0.1, -0.05) is 19.9 Å². The Kier molecular flexibility index (Phi) is 7.23. The molecule has 38 heavy (non-hydrogen) atoms. The smallest absolute Gasteiger partial charge is 0.387 e. The van der Waals surface area contributed by atoms with Crippen LogP contribution in [0.2, 0.25) is 0 Å². The normalized spacial score (nSPS) is 19.4. The van der Waals surface area contributed by atoms with Crippen LogP contribution in [0.15, 0.2) is 36.7 Å². The van der Waals surface area contributed by atoms with Crippen LogP contribution in [0.3, 0.4) is 0 Å². The number of aromatic nitrogens is 2. The Labute approximate surface area is 218 Å². The van der Waals surface area contributed by atoms with E-state index in [4.69, 9.17) is 18.9 Å². The molecule has 8 nitrogen and oxygen atoms in total. The molecule has 5 rings (SSSR count). The molecule has 2 atom stereocenters. The third-order valence-electron chi connectivity index (χ3n) is 6.89. The molecule has 1 saturated heterocycles. The molecule has 1 saturated carbocycles. The number of pyridine rings is 1. The van der Waals surface area contributed by atoms with E-state index in [1.807, 2.05) is 18.3 Å². The molecule has 0 spiro atoms. The Morgan fingerprint density at radius 3 is 2.63 bits per heavy atom. The highest BCUT2D eigenvalue weighted by Gasteiger charge is 2.40. The number of fused-ring (bicyclic) bond motifs is 1.